The van der Waals surface area contributed by atoms with Gasteiger partial charge in [0.25, 0.3) is 0 Å². The van der Waals surface area contributed by atoms with E-state index in [0.29, 0.717) is 22.9 Å². The van der Waals surface area contributed by atoms with Gasteiger partial charge in [-0.25, -0.2) is 4.39 Å². The van der Waals surface area contributed by atoms with Crippen LogP contribution in [-0.4, -0.2) is 24.1 Å². The number of thioether (sulfide) groups is 1. The first-order chi connectivity index (χ1) is 10.1. The van der Waals surface area contributed by atoms with Crippen LogP contribution in [0.1, 0.15) is 5.56 Å². The summed E-state index contributed by atoms with van der Waals surface area (Å²) in [4.78, 5) is 0.925. The third-order valence-electron chi connectivity index (χ3n) is 2.95. The molecule has 2 rings (SSSR count). The Morgan fingerprint density at radius 2 is 1.95 bits per heavy atom. The summed E-state index contributed by atoms with van der Waals surface area (Å²) < 4.78 is 18.1. The summed E-state index contributed by atoms with van der Waals surface area (Å²) in [5, 5.41) is 10.8. The third-order valence-corrected chi connectivity index (χ3v) is 4.35. The van der Waals surface area contributed by atoms with E-state index in [1.165, 1.54) is 23.9 Å². The second kappa shape index (κ2) is 7.69. The first kappa shape index (κ1) is 16.1. The lowest BCUT2D eigenvalue weighted by molar-refractivity contribution is 0.199. The molecule has 0 aliphatic rings. The molecule has 0 saturated heterocycles. The normalized spacial score (nSPS) is 12.2. The SMILES string of the molecule is COc1ccc(Cl)cc1CC(O)CSc1ccc(F)cc1. The van der Waals surface area contributed by atoms with Crippen LogP contribution in [0.5, 0.6) is 5.75 Å². The van der Waals surface area contributed by atoms with Gasteiger partial charge in [0, 0.05) is 22.1 Å². The van der Waals surface area contributed by atoms with Gasteiger partial charge in [0.2, 0.25) is 0 Å². The highest BCUT2D eigenvalue weighted by atomic mass is 35.5. The van der Waals surface area contributed by atoms with Crippen LogP contribution >= 0.6 is 23.4 Å². The highest BCUT2D eigenvalue weighted by Crippen LogP contribution is 2.26. The minimum Gasteiger partial charge on any atom is -0.496 e. The van der Waals surface area contributed by atoms with Crippen LogP contribution in [0.3, 0.4) is 0 Å². The molecule has 0 amide bonds. The Hall–Kier alpha value is -1.23. The van der Waals surface area contributed by atoms with Gasteiger partial charge in [-0.1, -0.05) is 11.6 Å². The van der Waals surface area contributed by atoms with Crippen LogP contribution in [0, 0.1) is 5.82 Å². The first-order valence-corrected chi connectivity index (χ1v) is 7.83. The molecule has 112 valence electrons. The Bertz CT molecular complexity index is 589. The fraction of sp³-hybridized carbons (Fsp3) is 0.250. The third kappa shape index (κ3) is 4.92. The molecule has 0 fully saturated rings. The number of aliphatic hydroxyl groups is 1. The molecule has 1 unspecified atom stereocenters. The summed E-state index contributed by atoms with van der Waals surface area (Å²) in [6, 6.07) is 11.6. The Balaban J connectivity index is 1.94. The van der Waals surface area contributed by atoms with Crippen LogP contribution in [0.25, 0.3) is 0 Å². The summed E-state index contributed by atoms with van der Waals surface area (Å²) in [6.45, 7) is 0. The van der Waals surface area contributed by atoms with Crippen LogP contribution in [-0.2, 0) is 6.42 Å². The molecule has 0 heterocycles. The first-order valence-electron chi connectivity index (χ1n) is 6.47. The van der Waals surface area contributed by atoms with Crippen LogP contribution < -0.4 is 4.74 Å². The molecule has 2 nitrogen and oxygen atoms in total. The van der Waals surface area contributed by atoms with E-state index in [0.717, 1.165) is 10.5 Å². The molecule has 0 saturated carbocycles. The van der Waals surface area contributed by atoms with E-state index in [2.05, 4.69) is 0 Å². The summed E-state index contributed by atoms with van der Waals surface area (Å²) in [5.41, 5.74) is 0.872. The lowest BCUT2D eigenvalue weighted by Gasteiger charge is -2.13. The van der Waals surface area contributed by atoms with E-state index in [4.69, 9.17) is 16.3 Å². The van der Waals surface area contributed by atoms with Crippen LogP contribution in [0.2, 0.25) is 5.02 Å². The Kier molecular flexibility index (Phi) is 5.91. The maximum Gasteiger partial charge on any atom is 0.123 e. The van der Waals surface area contributed by atoms with Gasteiger partial charge in [-0.15, -0.1) is 11.8 Å². The molecule has 2 aromatic rings. The van der Waals surface area contributed by atoms with Gasteiger partial charge in [0.15, 0.2) is 0 Å². The molecule has 0 aromatic heterocycles. The van der Waals surface area contributed by atoms with E-state index >= 15 is 0 Å². The lowest BCUT2D eigenvalue weighted by atomic mass is 10.1. The van der Waals surface area contributed by atoms with Crippen molar-refractivity contribution in [3.8, 4) is 5.75 Å². The van der Waals surface area contributed by atoms with Gasteiger partial charge in [0.1, 0.15) is 11.6 Å². The quantitative estimate of drug-likeness (QED) is 0.807. The number of methoxy groups -OCH3 is 1. The molecule has 0 spiro atoms. The van der Waals surface area contributed by atoms with Crippen molar-refractivity contribution in [1.82, 2.24) is 0 Å². The molecule has 0 bridgehead atoms. The van der Waals surface area contributed by atoms with E-state index in [1.807, 2.05) is 0 Å². The second-order valence-corrected chi connectivity index (χ2v) is 6.11. The van der Waals surface area contributed by atoms with E-state index in [9.17, 15) is 9.50 Å². The molecule has 0 aliphatic heterocycles. The zero-order chi connectivity index (χ0) is 15.2. The van der Waals surface area contributed by atoms with E-state index < -0.39 is 6.10 Å². The monoisotopic (exact) mass is 326 g/mol. The summed E-state index contributed by atoms with van der Waals surface area (Å²) in [6.07, 6.45) is -0.0785. The van der Waals surface area contributed by atoms with Crippen molar-refractivity contribution in [2.24, 2.45) is 0 Å². The molecule has 2 aromatic carbocycles. The van der Waals surface area contributed by atoms with Crippen LogP contribution in [0.4, 0.5) is 4.39 Å². The smallest absolute Gasteiger partial charge is 0.123 e. The van der Waals surface area contributed by atoms with E-state index in [1.54, 1.807) is 37.4 Å². The molecular formula is C16H16ClFO2S. The largest absolute Gasteiger partial charge is 0.496 e. The summed E-state index contributed by atoms with van der Waals surface area (Å²) in [7, 11) is 1.59. The molecular weight excluding hydrogens is 311 g/mol. The number of rotatable bonds is 6. The molecule has 0 radical (unpaired) electrons. The van der Waals surface area contributed by atoms with Crippen molar-refractivity contribution < 1.29 is 14.2 Å². The Morgan fingerprint density at radius 3 is 2.62 bits per heavy atom. The van der Waals surface area contributed by atoms with Gasteiger partial charge in [-0.2, -0.15) is 0 Å². The number of hydrogen-bond donors (Lipinski definition) is 1. The predicted octanol–water partition coefficient (Wildman–Crippen LogP) is 4.18. The molecule has 5 heteroatoms. The van der Waals surface area contributed by atoms with Crippen LogP contribution in [0.15, 0.2) is 47.4 Å². The minimum atomic E-state index is -0.535. The average molecular weight is 327 g/mol. The number of hydrogen-bond acceptors (Lipinski definition) is 3. The molecule has 1 N–H and O–H groups in total. The summed E-state index contributed by atoms with van der Waals surface area (Å²) >= 11 is 7.45. The number of halogens is 2. The van der Waals surface area contributed by atoms with Crippen molar-refractivity contribution in [1.29, 1.82) is 0 Å². The van der Waals surface area contributed by atoms with Gasteiger partial charge >= 0.3 is 0 Å². The average Bonchev–Trinajstić information content (AvgIpc) is 2.47. The Labute approximate surface area is 132 Å². The van der Waals surface area contributed by atoms with Gasteiger partial charge in [0.05, 0.1) is 13.2 Å². The van der Waals surface area contributed by atoms with Crippen molar-refractivity contribution in [3.05, 3.63) is 58.9 Å². The van der Waals surface area contributed by atoms with Gasteiger partial charge in [-0.3, -0.25) is 0 Å². The van der Waals surface area contributed by atoms with Gasteiger partial charge in [-0.05, 0) is 48.0 Å². The highest BCUT2D eigenvalue weighted by molar-refractivity contribution is 7.99. The molecule has 21 heavy (non-hydrogen) atoms. The predicted molar refractivity (Wildman–Crippen MR) is 84.8 cm³/mol. The molecule has 1 atom stereocenters. The maximum atomic E-state index is 12.8. The minimum absolute atomic E-state index is 0.261. The van der Waals surface area contributed by atoms with Crippen molar-refractivity contribution in [2.45, 2.75) is 17.4 Å². The fourth-order valence-electron chi connectivity index (χ4n) is 1.94. The summed E-state index contributed by atoms with van der Waals surface area (Å²) in [5.74, 6) is 0.968. The fourth-order valence-corrected chi connectivity index (χ4v) is 2.97. The second-order valence-electron chi connectivity index (χ2n) is 4.58. The number of aliphatic hydroxyl groups excluding tert-OH is 1. The van der Waals surface area contributed by atoms with E-state index in [-0.39, 0.29) is 5.82 Å². The van der Waals surface area contributed by atoms with Crippen molar-refractivity contribution in [2.75, 3.05) is 12.9 Å². The highest BCUT2D eigenvalue weighted by Gasteiger charge is 2.11. The van der Waals surface area contributed by atoms with Crippen molar-refractivity contribution >= 4 is 23.4 Å². The topological polar surface area (TPSA) is 29.5 Å². The standard InChI is InChI=1S/C16H16ClFO2S/c1-20-16-7-2-12(17)8-11(16)9-14(19)10-21-15-5-3-13(18)4-6-15/h2-8,14,19H,9-10H2,1H3. The van der Waals surface area contributed by atoms with Crippen molar-refractivity contribution in [3.63, 3.8) is 0 Å². The lowest BCUT2D eigenvalue weighted by Crippen LogP contribution is -2.14. The molecule has 0 aliphatic carbocycles. The Morgan fingerprint density at radius 1 is 1.24 bits per heavy atom. The number of benzene rings is 2. The zero-order valence-corrected chi connectivity index (χ0v) is 13.1. The zero-order valence-electron chi connectivity index (χ0n) is 11.6. The van der Waals surface area contributed by atoms with Gasteiger partial charge < -0.3 is 9.84 Å². The number of ether oxygens (including phenoxy) is 1. The maximum absolute atomic E-state index is 12.8.